The maximum Gasteiger partial charge on any atom is 0.496 e. The van der Waals surface area contributed by atoms with Gasteiger partial charge in [-0.2, -0.15) is 5.26 Å². The fourth-order valence-electron chi connectivity index (χ4n) is 5.63. The summed E-state index contributed by atoms with van der Waals surface area (Å²) >= 11 is 0. The maximum absolute atomic E-state index is 13.7. The molecule has 1 saturated carbocycles. The molecule has 12 heteroatoms. The van der Waals surface area contributed by atoms with Gasteiger partial charge in [-0.25, -0.2) is 12.8 Å². The van der Waals surface area contributed by atoms with E-state index in [0.29, 0.717) is 44.4 Å². The number of nitrogens with zero attached hydrogens (tertiary/aromatic N) is 2. The summed E-state index contributed by atoms with van der Waals surface area (Å²) in [5.74, 6) is -0.421. The number of halogens is 1. The highest BCUT2D eigenvalue weighted by atomic mass is 32.2. The number of benzene rings is 3. The van der Waals surface area contributed by atoms with E-state index in [0.717, 1.165) is 18.4 Å². The zero-order valence-corrected chi connectivity index (χ0v) is 26.5. The number of nitriles is 1. The lowest BCUT2D eigenvalue weighted by Crippen LogP contribution is -2.41. The van der Waals surface area contributed by atoms with E-state index >= 15 is 0 Å². The van der Waals surface area contributed by atoms with Gasteiger partial charge in [-0.15, -0.1) is 0 Å². The molecule has 0 spiro atoms. The van der Waals surface area contributed by atoms with Gasteiger partial charge in [-0.3, -0.25) is 9.10 Å². The lowest BCUT2D eigenvalue weighted by Gasteiger charge is -2.32. The van der Waals surface area contributed by atoms with Crippen LogP contribution in [-0.2, 0) is 26.7 Å². The number of hydrogen-bond donors (Lipinski definition) is 2. The number of rotatable bonds is 8. The van der Waals surface area contributed by atoms with Crippen molar-refractivity contribution in [1.82, 2.24) is 5.32 Å². The van der Waals surface area contributed by atoms with Crippen LogP contribution in [0.1, 0.15) is 73.5 Å². The SMILES string of the molecule is CNC(=O)c1c(-c2ccc(F)cc2)oc2cc(N(Cc3ccc(B4OC(C)(C)C(C)(C)O4)c(C#N)c3)[SH](=O)=O)c(C3CC3)cc12. The Bertz CT molecular complexity index is 1920. The highest BCUT2D eigenvalue weighted by Gasteiger charge is 2.52. The molecule has 1 saturated heterocycles. The van der Waals surface area contributed by atoms with Gasteiger partial charge in [0.1, 0.15) is 17.2 Å². The fourth-order valence-corrected chi connectivity index (χ4v) is 6.25. The van der Waals surface area contributed by atoms with Crippen molar-refractivity contribution in [3.8, 4) is 17.4 Å². The first-order chi connectivity index (χ1) is 21.3. The van der Waals surface area contributed by atoms with E-state index in [1.165, 1.54) is 35.6 Å². The number of hydrogen-bond acceptors (Lipinski definition) is 7. The summed E-state index contributed by atoms with van der Waals surface area (Å²) in [6, 6.07) is 16.5. The average Bonchev–Trinajstić information content (AvgIpc) is 3.74. The Morgan fingerprint density at radius 1 is 1.07 bits per heavy atom. The van der Waals surface area contributed by atoms with Crippen LogP contribution in [-0.4, -0.2) is 39.7 Å². The first-order valence-corrected chi connectivity index (χ1v) is 15.9. The molecule has 1 N–H and O–H groups in total. The van der Waals surface area contributed by atoms with E-state index in [2.05, 4.69) is 11.4 Å². The molecule has 6 rings (SSSR count). The van der Waals surface area contributed by atoms with Crippen LogP contribution in [0.15, 0.2) is 59.0 Å². The molecule has 1 aromatic heterocycles. The second kappa shape index (κ2) is 11.3. The third-order valence-corrected chi connectivity index (χ3v) is 9.72. The summed E-state index contributed by atoms with van der Waals surface area (Å²) in [7, 11) is -2.33. The number of nitrogens with one attached hydrogen (secondary N) is 1. The zero-order valence-electron chi connectivity index (χ0n) is 25.6. The molecule has 3 aromatic carbocycles. The van der Waals surface area contributed by atoms with E-state index in [1.54, 1.807) is 24.3 Å². The summed E-state index contributed by atoms with van der Waals surface area (Å²) in [6.07, 6.45) is 1.75. The van der Waals surface area contributed by atoms with E-state index in [-0.39, 0.29) is 24.1 Å². The second-order valence-electron chi connectivity index (χ2n) is 12.5. The molecular formula is C33H33BFN3O6S. The summed E-state index contributed by atoms with van der Waals surface area (Å²) in [4.78, 5) is 13.1. The smallest absolute Gasteiger partial charge is 0.455 e. The van der Waals surface area contributed by atoms with Gasteiger partial charge in [-0.05, 0) is 94.0 Å². The molecule has 0 radical (unpaired) electrons. The van der Waals surface area contributed by atoms with E-state index in [1.807, 2.05) is 33.8 Å². The predicted octanol–water partition coefficient (Wildman–Crippen LogP) is 5.18. The van der Waals surface area contributed by atoms with Crippen LogP contribution in [0.25, 0.3) is 22.3 Å². The molecular weight excluding hydrogens is 596 g/mol. The van der Waals surface area contributed by atoms with Crippen LogP contribution in [0.3, 0.4) is 0 Å². The Morgan fingerprint density at radius 3 is 2.31 bits per heavy atom. The van der Waals surface area contributed by atoms with Crippen molar-refractivity contribution < 1.29 is 31.3 Å². The minimum atomic E-state index is -3.11. The minimum Gasteiger partial charge on any atom is -0.455 e. The lowest BCUT2D eigenvalue weighted by atomic mass is 9.75. The van der Waals surface area contributed by atoms with Crippen molar-refractivity contribution in [3.05, 3.63) is 82.7 Å². The number of carbonyl (C=O) groups excluding carboxylic acids is 1. The maximum atomic E-state index is 13.7. The van der Waals surface area contributed by atoms with Crippen molar-refractivity contribution in [2.75, 3.05) is 11.4 Å². The molecule has 0 bridgehead atoms. The summed E-state index contributed by atoms with van der Waals surface area (Å²) < 4.78 is 59.1. The number of anilines is 1. The number of furan rings is 1. The molecule has 9 nitrogen and oxygen atoms in total. The van der Waals surface area contributed by atoms with Gasteiger partial charge in [0.15, 0.2) is 0 Å². The van der Waals surface area contributed by atoms with Gasteiger partial charge >= 0.3 is 7.12 Å². The van der Waals surface area contributed by atoms with E-state index in [4.69, 9.17) is 13.7 Å². The molecule has 2 aliphatic rings. The molecule has 0 unspecified atom stereocenters. The highest BCUT2D eigenvalue weighted by Crippen LogP contribution is 2.48. The number of thiol groups is 1. The Balaban J connectivity index is 1.42. The molecule has 4 aromatic rings. The molecule has 2 fully saturated rings. The predicted molar refractivity (Wildman–Crippen MR) is 170 cm³/mol. The Hall–Kier alpha value is -4.18. The van der Waals surface area contributed by atoms with Gasteiger partial charge in [-0.1, -0.05) is 12.1 Å². The minimum absolute atomic E-state index is 0.0317. The van der Waals surface area contributed by atoms with Crippen molar-refractivity contribution in [3.63, 3.8) is 0 Å². The van der Waals surface area contributed by atoms with E-state index in [9.17, 15) is 22.9 Å². The van der Waals surface area contributed by atoms with Crippen LogP contribution < -0.4 is 15.1 Å². The van der Waals surface area contributed by atoms with Crippen molar-refractivity contribution >= 4 is 46.0 Å². The first-order valence-electron chi connectivity index (χ1n) is 14.7. The van der Waals surface area contributed by atoms with Gasteiger partial charge in [0.2, 0.25) is 10.9 Å². The molecule has 2 heterocycles. The molecule has 45 heavy (non-hydrogen) atoms. The van der Waals surface area contributed by atoms with Crippen LogP contribution in [0.2, 0.25) is 0 Å². The van der Waals surface area contributed by atoms with Crippen molar-refractivity contribution in [2.45, 2.75) is 64.2 Å². The normalized spacial score (nSPS) is 17.1. The topological polar surface area (TPSA) is 122 Å². The summed E-state index contributed by atoms with van der Waals surface area (Å²) in [6.45, 7) is 7.70. The number of carbonyl (C=O) groups is 1. The lowest BCUT2D eigenvalue weighted by molar-refractivity contribution is 0.00578. The van der Waals surface area contributed by atoms with Crippen LogP contribution in [0.4, 0.5) is 10.1 Å². The number of amides is 1. The van der Waals surface area contributed by atoms with Gasteiger partial charge in [0.05, 0.1) is 40.6 Å². The van der Waals surface area contributed by atoms with Gasteiger partial charge < -0.3 is 19.0 Å². The average molecular weight is 630 g/mol. The van der Waals surface area contributed by atoms with Crippen LogP contribution >= 0.6 is 0 Å². The Morgan fingerprint density at radius 2 is 1.73 bits per heavy atom. The second-order valence-corrected chi connectivity index (χ2v) is 13.4. The summed E-state index contributed by atoms with van der Waals surface area (Å²) in [5.41, 5.74) is 2.69. The molecule has 1 aliphatic heterocycles. The zero-order chi connectivity index (χ0) is 32.3. The largest absolute Gasteiger partial charge is 0.496 e. The van der Waals surface area contributed by atoms with E-state index < -0.39 is 35.0 Å². The van der Waals surface area contributed by atoms with Crippen LogP contribution in [0, 0.1) is 17.1 Å². The van der Waals surface area contributed by atoms with Crippen LogP contribution in [0.5, 0.6) is 0 Å². The standard InChI is InChI=1S/C33H33BFN3O6S/c1-32(2)33(3,4)44-34(43-32)26-13-6-19(14-22(26)17-36)18-38(45(40)41)27-16-28-25(15-24(27)20-7-8-20)29(31(39)37-5)30(42-28)21-9-11-23(35)12-10-21/h6,9-16,20,45H,7-8,18H2,1-5H3,(H,37,39). The molecule has 0 atom stereocenters. The third kappa shape index (κ3) is 5.60. The molecule has 1 aliphatic carbocycles. The number of fused-ring (bicyclic) bond motifs is 1. The Labute approximate surface area is 263 Å². The van der Waals surface area contributed by atoms with Gasteiger partial charge in [0.25, 0.3) is 5.91 Å². The molecule has 232 valence electrons. The third-order valence-electron chi connectivity index (χ3n) is 8.97. The van der Waals surface area contributed by atoms with Crippen molar-refractivity contribution in [2.24, 2.45) is 0 Å². The summed E-state index contributed by atoms with van der Waals surface area (Å²) in [5, 5.41) is 13.2. The quantitative estimate of drug-likeness (QED) is 0.204. The monoisotopic (exact) mass is 629 g/mol. The Kier molecular flexibility index (Phi) is 7.76. The van der Waals surface area contributed by atoms with Gasteiger partial charge in [0, 0.05) is 29.5 Å². The fraction of sp³-hybridized carbons (Fsp3) is 0.333. The molecule has 1 amide bonds. The first kappa shape index (κ1) is 30.8. The highest BCUT2D eigenvalue weighted by molar-refractivity contribution is 7.74. The van der Waals surface area contributed by atoms with Crippen molar-refractivity contribution in [1.29, 1.82) is 5.26 Å².